The average Bonchev–Trinajstić information content (AvgIpc) is 3.49. The van der Waals surface area contributed by atoms with E-state index in [1.54, 1.807) is 25.5 Å². The fraction of sp³-hybridized carbons (Fsp3) is 0.208. The first-order chi connectivity index (χ1) is 15.2. The second kappa shape index (κ2) is 9.30. The third-order valence-electron chi connectivity index (χ3n) is 5.10. The summed E-state index contributed by atoms with van der Waals surface area (Å²) in [6.45, 7) is 2.41. The van der Waals surface area contributed by atoms with Gasteiger partial charge in [-0.3, -0.25) is 4.79 Å². The van der Waals surface area contributed by atoms with E-state index in [1.807, 2.05) is 61.5 Å². The van der Waals surface area contributed by atoms with Crippen molar-refractivity contribution in [3.8, 4) is 17.3 Å². The molecule has 0 saturated carbocycles. The molecule has 0 aliphatic rings. The number of nitrogens with one attached hydrogen (secondary N) is 1. The largest absolute Gasteiger partial charge is 0.496 e. The molecule has 7 heteroatoms. The number of hydrogen-bond donors (Lipinski definition) is 1. The van der Waals surface area contributed by atoms with E-state index in [4.69, 9.17) is 9.15 Å². The van der Waals surface area contributed by atoms with Crippen molar-refractivity contribution in [2.24, 2.45) is 0 Å². The molecule has 1 N–H and O–H groups in total. The highest BCUT2D eigenvalue weighted by atomic mass is 16.5. The molecule has 0 saturated heterocycles. The van der Waals surface area contributed by atoms with Crippen LogP contribution in [0.3, 0.4) is 0 Å². The summed E-state index contributed by atoms with van der Waals surface area (Å²) in [5.74, 6) is 1.48. The van der Waals surface area contributed by atoms with Gasteiger partial charge in [0, 0.05) is 12.1 Å². The number of carbonyl (C=O) groups excluding carboxylic acids is 1. The molecule has 158 valence electrons. The minimum absolute atomic E-state index is 0.151. The van der Waals surface area contributed by atoms with Gasteiger partial charge in [-0.25, -0.2) is 0 Å². The van der Waals surface area contributed by atoms with E-state index in [2.05, 4.69) is 15.4 Å². The summed E-state index contributed by atoms with van der Waals surface area (Å²) in [5.41, 5.74) is 1.89. The fourth-order valence-corrected chi connectivity index (χ4v) is 3.50. The van der Waals surface area contributed by atoms with Crippen molar-refractivity contribution in [3.05, 3.63) is 84.1 Å². The van der Waals surface area contributed by atoms with E-state index in [0.717, 1.165) is 16.9 Å². The predicted molar refractivity (Wildman–Crippen MR) is 118 cm³/mol. The molecule has 0 fully saturated rings. The van der Waals surface area contributed by atoms with Gasteiger partial charge in [-0.2, -0.15) is 9.67 Å². The van der Waals surface area contributed by atoms with Crippen LogP contribution in [0.5, 0.6) is 5.75 Å². The van der Waals surface area contributed by atoms with Gasteiger partial charge in [0.2, 0.25) is 11.8 Å². The molecule has 1 unspecified atom stereocenters. The molecule has 4 aromatic rings. The maximum atomic E-state index is 13.5. The van der Waals surface area contributed by atoms with Crippen LogP contribution in [0.4, 0.5) is 5.95 Å². The second-order valence-electron chi connectivity index (χ2n) is 7.02. The Labute approximate surface area is 180 Å². The van der Waals surface area contributed by atoms with Crippen LogP contribution in [0.2, 0.25) is 0 Å². The minimum atomic E-state index is -0.334. The molecule has 0 bridgehead atoms. The summed E-state index contributed by atoms with van der Waals surface area (Å²) in [7, 11) is 1.63. The highest BCUT2D eigenvalue weighted by Gasteiger charge is 2.26. The number of furan rings is 1. The van der Waals surface area contributed by atoms with Crippen molar-refractivity contribution in [1.82, 2.24) is 14.8 Å². The Bertz CT molecular complexity index is 1140. The van der Waals surface area contributed by atoms with Crippen molar-refractivity contribution < 1.29 is 13.9 Å². The summed E-state index contributed by atoms with van der Waals surface area (Å²) < 4.78 is 12.2. The Kier molecular flexibility index (Phi) is 6.12. The van der Waals surface area contributed by atoms with Crippen molar-refractivity contribution >= 4 is 11.9 Å². The summed E-state index contributed by atoms with van der Waals surface area (Å²) in [4.78, 5) is 18.0. The van der Waals surface area contributed by atoms with Gasteiger partial charge in [0.05, 0.1) is 19.3 Å². The molecule has 0 aliphatic heterocycles. The zero-order valence-corrected chi connectivity index (χ0v) is 17.5. The van der Waals surface area contributed by atoms with E-state index >= 15 is 0 Å². The highest BCUT2D eigenvalue weighted by Crippen LogP contribution is 2.26. The number of benzene rings is 2. The van der Waals surface area contributed by atoms with E-state index in [-0.39, 0.29) is 11.8 Å². The van der Waals surface area contributed by atoms with Gasteiger partial charge < -0.3 is 14.5 Å². The standard InChI is InChI=1S/C24H24N4O3/c1-3-19(17-10-5-4-6-11-17)23(29)28-24(26-22(27-28)21-14-9-15-31-21)25-16-18-12-7-8-13-20(18)30-2/h4-15,19H,3,16H2,1-2H3,(H,25,26,27). The molecule has 2 aromatic carbocycles. The molecular weight excluding hydrogens is 392 g/mol. The van der Waals surface area contributed by atoms with Crippen molar-refractivity contribution in [1.29, 1.82) is 0 Å². The number of anilines is 1. The smallest absolute Gasteiger partial charge is 0.257 e. The van der Waals surface area contributed by atoms with Gasteiger partial charge >= 0.3 is 0 Å². The first kappa shape index (κ1) is 20.4. The number of nitrogens with zero attached hydrogens (tertiary/aromatic N) is 3. The van der Waals surface area contributed by atoms with E-state index in [0.29, 0.717) is 30.5 Å². The van der Waals surface area contributed by atoms with Crippen LogP contribution < -0.4 is 10.1 Å². The summed E-state index contributed by atoms with van der Waals surface area (Å²) in [5, 5.41) is 7.72. The molecule has 0 radical (unpaired) electrons. The molecule has 2 aromatic heterocycles. The molecule has 4 rings (SSSR count). The maximum absolute atomic E-state index is 13.5. The van der Waals surface area contributed by atoms with E-state index in [1.165, 1.54) is 4.68 Å². The van der Waals surface area contributed by atoms with Crippen LogP contribution >= 0.6 is 0 Å². The molecule has 0 amide bonds. The summed E-state index contributed by atoms with van der Waals surface area (Å²) >= 11 is 0. The van der Waals surface area contributed by atoms with Crippen LogP contribution in [0.1, 0.15) is 35.2 Å². The van der Waals surface area contributed by atoms with Gasteiger partial charge in [0.1, 0.15) is 5.75 Å². The lowest BCUT2D eigenvalue weighted by Crippen LogP contribution is -2.23. The quantitative estimate of drug-likeness (QED) is 0.436. The Morgan fingerprint density at radius 2 is 1.87 bits per heavy atom. The molecule has 2 heterocycles. The number of hydrogen-bond acceptors (Lipinski definition) is 6. The molecule has 7 nitrogen and oxygen atoms in total. The maximum Gasteiger partial charge on any atom is 0.257 e. The van der Waals surface area contributed by atoms with Crippen LogP contribution in [0.15, 0.2) is 77.4 Å². The summed E-state index contributed by atoms with van der Waals surface area (Å²) in [6, 6.07) is 20.9. The Morgan fingerprint density at radius 3 is 2.58 bits per heavy atom. The Hall–Kier alpha value is -3.87. The second-order valence-corrected chi connectivity index (χ2v) is 7.02. The molecule has 1 atom stereocenters. The minimum Gasteiger partial charge on any atom is -0.496 e. The lowest BCUT2D eigenvalue weighted by molar-refractivity contribution is 0.0861. The summed E-state index contributed by atoms with van der Waals surface area (Å²) in [6.07, 6.45) is 2.20. The first-order valence-electron chi connectivity index (χ1n) is 10.2. The van der Waals surface area contributed by atoms with Gasteiger partial charge in [-0.05, 0) is 30.2 Å². The van der Waals surface area contributed by atoms with Gasteiger partial charge in [-0.15, -0.1) is 5.10 Å². The van der Waals surface area contributed by atoms with Crippen molar-refractivity contribution in [3.63, 3.8) is 0 Å². The van der Waals surface area contributed by atoms with Crippen LogP contribution in [0, 0.1) is 0 Å². The number of ether oxygens (including phenoxy) is 1. The van der Waals surface area contributed by atoms with Crippen LogP contribution in [0.25, 0.3) is 11.6 Å². The van der Waals surface area contributed by atoms with Gasteiger partial charge in [0.25, 0.3) is 5.91 Å². The third kappa shape index (κ3) is 4.35. The lowest BCUT2D eigenvalue weighted by atomic mass is 9.96. The number of para-hydroxylation sites is 1. The van der Waals surface area contributed by atoms with E-state index < -0.39 is 0 Å². The predicted octanol–water partition coefficient (Wildman–Crippen LogP) is 4.99. The van der Waals surface area contributed by atoms with Crippen molar-refractivity contribution in [2.75, 3.05) is 12.4 Å². The normalized spacial score (nSPS) is 11.8. The van der Waals surface area contributed by atoms with Crippen LogP contribution in [-0.4, -0.2) is 27.8 Å². The zero-order chi connectivity index (χ0) is 21.6. The molecule has 0 aliphatic carbocycles. The monoisotopic (exact) mass is 416 g/mol. The number of carbonyl (C=O) groups is 1. The number of rotatable bonds is 8. The molecule has 31 heavy (non-hydrogen) atoms. The third-order valence-corrected chi connectivity index (χ3v) is 5.10. The highest BCUT2D eigenvalue weighted by molar-refractivity contribution is 5.87. The number of aromatic nitrogens is 3. The Morgan fingerprint density at radius 1 is 1.10 bits per heavy atom. The van der Waals surface area contributed by atoms with Crippen molar-refractivity contribution in [2.45, 2.75) is 25.8 Å². The number of methoxy groups -OCH3 is 1. The zero-order valence-electron chi connectivity index (χ0n) is 17.5. The topological polar surface area (TPSA) is 82.2 Å². The van der Waals surface area contributed by atoms with Gasteiger partial charge in [-0.1, -0.05) is 55.5 Å². The lowest BCUT2D eigenvalue weighted by Gasteiger charge is -2.15. The molecular formula is C24H24N4O3. The Balaban J connectivity index is 1.68. The fourth-order valence-electron chi connectivity index (χ4n) is 3.50. The van der Waals surface area contributed by atoms with Crippen LogP contribution in [-0.2, 0) is 6.54 Å². The SMILES string of the molecule is CCC(C(=O)n1nc(-c2ccco2)nc1NCc1ccccc1OC)c1ccccc1. The average molecular weight is 416 g/mol. The van der Waals surface area contributed by atoms with Gasteiger partial charge in [0.15, 0.2) is 5.76 Å². The first-order valence-corrected chi connectivity index (χ1v) is 10.2. The molecule has 0 spiro atoms. The van der Waals surface area contributed by atoms with E-state index in [9.17, 15) is 4.79 Å².